The Kier molecular flexibility index (Phi) is 5.28. The first-order chi connectivity index (χ1) is 7.13. The van der Waals surface area contributed by atoms with Gasteiger partial charge in [0.25, 0.3) is 0 Å². The van der Waals surface area contributed by atoms with Gasteiger partial charge in [0.05, 0.1) is 16.9 Å². The third kappa shape index (κ3) is 4.32. The average Bonchev–Trinajstić information content (AvgIpc) is 2.62. The third-order valence-electron chi connectivity index (χ3n) is 1.88. The SMILES string of the molecule is CCOC(=O)CNC(C)c1ccc(Br)s1. The standard InChI is InChI=1S/C10H14BrNO2S/c1-3-14-10(13)6-12-7(2)8-4-5-9(11)15-8/h4-5,7,12H,3,6H2,1-2H3. The molecule has 0 spiro atoms. The predicted octanol–water partition coefficient (Wildman–Crippen LogP) is 2.72. The van der Waals surface area contributed by atoms with Crippen LogP contribution in [0.25, 0.3) is 0 Å². The molecule has 1 N–H and O–H groups in total. The molecule has 0 bridgehead atoms. The topological polar surface area (TPSA) is 38.3 Å². The van der Waals surface area contributed by atoms with Crippen molar-refractivity contribution in [2.45, 2.75) is 19.9 Å². The van der Waals surface area contributed by atoms with Gasteiger partial charge in [0.1, 0.15) is 0 Å². The fraction of sp³-hybridized carbons (Fsp3) is 0.500. The summed E-state index contributed by atoms with van der Waals surface area (Å²) in [4.78, 5) is 12.3. The van der Waals surface area contributed by atoms with Crippen molar-refractivity contribution in [2.24, 2.45) is 0 Å². The molecule has 0 aromatic carbocycles. The molecule has 3 nitrogen and oxygen atoms in total. The fourth-order valence-corrected chi connectivity index (χ4v) is 2.56. The summed E-state index contributed by atoms with van der Waals surface area (Å²) in [5, 5.41) is 3.11. The van der Waals surface area contributed by atoms with Gasteiger partial charge in [-0.05, 0) is 41.9 Å². The Labute approximate surface area is 102 Å². The summed E-state index contributed by atoms with van der Waals surface area (Å²) in [5.41, 5.74) is 0. The van der Waals surface area contributed by atoms with Gasteiger partial charge in [-0.3, -0.25) is 10.1 Å². The zero-order valence-corrected chi connectivity index (χ0v) is 11.2. The Morgan fingerprint density at radius 3 is 2.93 bits per heavy atom. The van der Waals surface area contributed by atoms with Crippen molar-refractivity contribution < 1.29 is 9.53 Å². The van der Waals surface area contributed by atoms with E-state index in [0.717, 1.165) is 3.79 Å². The number of hydrogen-bond acceptors (Lipinski definition) is 4. The Morgan fingerprint density at radius 2 is 2.40 bits per heavy atom. The molecule has 1 aromatic heterocycles. The molecule has 0 aliphatic heterocycles. The van der Waals surface area contributed by atoms with E-state index in [1.165, 1.54) is 4.88 Å². The van der Waals surface area contributed by atoms with E-state index >= 15 is 0 Å². The monoisotopic (exact) mass is 291 g/mol. The highest BCUT2D eigenvalue weighted by Gasteiger charge is 2.09. The van der Waals surface area contributed by atoms with E-state index in [1.54, 1.807) is 18.3 Å². The summed E-state index contributed by atoms with van der Waals surface area (Å²) < 4.78 is 5.93. The number of esters is 1. The number of nitrogens with one attached hydrogen (secondary N) is 1. The van der Waals surface area contributed by atoms with E-state index in [2.05, 4.69) is 21.2 Å². The summed E-state index contributed by atoms with van der Waals surface area (Å²) in [6, 6.07) is 4.21. The van der Waals surface area contributed by atoms with Crippen molar-refractivity contribution in [3.63, 3.8) is 0 Å². The number of halogens is 1. The first kappa shape index (κ1) is 12.7. The van der Waals surface area contributed by atoms with E-state index in [0.29, 0.717) is 6.61 Å². The van der Waals surface area contributed by atoms with Crippen molar-refractivity contribution >= 4 is 33.2 Å². The lowest BCUT2D eigenvalue weighted by molar-refractivity contribution is -0.142. The van der Waals surface area contributed by atoms with Crippen LogP contribution in [0.15, 0.2) is 15.9 Å². The lowest BCUT2D eigenvalue weighted by Gasteiger charge is -2.10. The van der Waals surface area contributed by atoms with Gasteiger partial charge in [-0.1, -0.05) is 0 Å². The molecule has 0 fully saturated rings. The smallest absolute Gasteiger partial charge is 0.319 e. The number of rotatable bonds is 5. The first-order valence-corrected chi connectivity index (χ1v) is 6.38. The maximum Gasteiger partial charge on any atom is 0.319 e. The normalized spacial score (nSPS) is 12.5. The first-order valence-electron chi connectivity index (χ1n) is 4.77. The second kappa shape index (κ2) is 6.25. The van der Waals surface area contributed by atoms with Gasteiger partial charge in [-0.15, -0.1) is 11.3 Å². The van der Waals surface area contributed by atoms with E-state index in [4.69, 9.17) is 4.74 Å². The number of ether oxygens (including phenoxy) is 1. The summed E-state index contributed by atoms with van der Waals surface area (Å²) in [5.74, 6) is -0.208. The molecule has 0 saturated heterocycles. The zero-order chi connectivity index (χ0) is 11.3. The lowest BCUT2D eigenvalue weighted by atomic mass is 10.3. The Bertz CT molecular complexity index is 327. The van der Waals surface area contributed by atoms with Crippen LogP contribution in [0.1, 0.15) is 24.8 Å². The third-order valence-corrected chi connectivity index (χ3v) is 3.69. The molecule has 1 aromatic rings. The minimum Gasteiger partial charge on any atom is -0.465 e. The zero-order valence-electron chi connectivity index (χ0n) is 8.75. The summed E-state index contributed by atoms with van der Waals surface area (Å²) in [7, 11) is 0. The summed E-state index contributed by atoms with van der Waals surface area (Å²) in [6.07, 6.45) is 0. The number of hydrogen-bond donors (Lipinski definition) is 1. The predicted molar refractivity (Wildman–Crippen MR) is 65.1 cm³/mol. The van der Waals surface area contributed by atoms with Crippen LogP contribution >= 0.6 is 27.3 Å². The van der Waals surface area contributed by atoms with Crippen LogP contribution in [-0.2, 0) is 9.53 Å². The largest absolute Gasteiger partial charge is 0.465 e. The fourth-order valence-electron chi connectivity index (χ4n) is 1.11. The lowest BCUT2D eigenvalue weighted by Crippen LogP contribution is -2.26. The molecule has 1 heterocycles. The van der Waals surface area contributed by atoms with Gasteiger partial charge in [0.2, 0.25) is 0 Å². The van der Waals surface area contributed by atoms with Crippen LogP contribution in [0.3, 0.4) is 0 Å². The molecule has 15 heavy (non-hydrogen) atoms. The maximum atomic E-state index is 11.1. The Morgan fingerprint density at radius 1 is 1.67 bits per heavy atom. The minimum absolute atomic E-state index is 0.172. The van der Waals surface area contributed by atoms with Crippen molar-refractivity contribution in [3.05, 3.63) is 20.8 Å². The summed E-state index contributed by atoms with van der Waals surface area (Å²) in [6.45, 7) is 4.51. The van der Waals surface area contributed by atoms with E-state index in [-0.39, 0.29) is 18.6 Å². The Balaban J connectivity index is 2.36. The van der Waals surface area contributed by atoms with Crippen molar-refractivity contribution in [1.82, 2.24) is 5.32 Å². The van der Waals surface area contributed by atoms with Crippen LogP contribution in [0.4, 0.5) is 0 Å². The molecule has 84 valence electrons. The molecule has 0 amide bonds. The number of carbonyl (C=O) groups is 1. The second-order valence-electron chi connectivity index (χ2n) is 3.05. The summed E-state index contributed by atoms with van der Waals surface area (Å²) >= 11 is 5.07. The molecule has 0 radical (unpaired) electrons. The van der Waals surface area contributed by atoms with Crippen LogP contribution in [-0.4, -0.2) is 19.1 Å². The van der Waals surface area contributed by atoms with Crippen molar-refractivity contribution in [3.8, 4) is 0 Å². The van der Waals surface area contributed by atoms with Crippen LogP contribution < -0.4 is 5.32 Å². The minimum atomic E-state index is -0.208. The molecular weight excluding hydrogens is 278 g/mol. The molecule has 1 atom stereocenters. The van der Waals surface area contributed by atoms with E-state index < -0.39 is 0 Å². The van der Waals surface area contributed by atoms with Gasteiger partial charge in [0, 0.05) is 10.9 Å². The highest BCUT2D eigenvalue weighted by Crippen LogP contribution is 2.26. The van der Waals surface area contributed by atoms with Gasteiger partial charge < -0.3 is 4.74 Å². The quantitative estimate of drug-likeness (QED) is 0.848. The molecule has 0 aliphatic carbocycles. The molecule has 5 heteroatoms. The molecule has 0 saturated carbocycles. The second-order valence-corrected chi connectivity index (χ2v) is 5.54. The van der Waals surface area contributed by atoms with E-state index in [9.17, 15) is 4.79 Å². The number of thiophene rings is 1. The maximum absolute atomic E-state index is 11.1. The molecular formula is C10H14BrNO2S. The van der Waals surface area contributed by atoms with Gasteiger partial charge in [-0.2, -0.15) is 0 Å². The Hall–Kier alpha value is -0.390. The number of carbonyl (C=O) groups excluding carboxylic acids is 1. The van der Waals surface area contributed by atoms with Crippen molar-refractivity contribution in [1.29, 1.82) is 0 Å². The highest BCUT2D eigenvalue weighted by atomic mass is 79.9. The van der Waals surface area contributed by atoms with Crippen molar-refractivity contribution in [2.75, 3.05) is 13.2 Å². The van der Waals surface area contributed by atoms with Gasteiger partial charge in [0.15, 0.2) is 0 Å². The highest BCUT2D eigenvalue weighted by molar-refractivity contribution is 9.11. The van der Waals surface area contributed by atoms with Gasteiger partial charge in [-0.25, -0.2) is 0 Å². The molecule has 0 aliphatic rings. The van der Waals surface area contributed by atoms with Gasteiger partial charge >= 0.3 is 5.97 Å². The molecule has 1 rings (SSSR count). The molecule has 1 unspecified atom stereocenters. The van der Waals surface area contributed by atoms with Crippen LogP contribution in [0, 0.1) is 0 Å². The van der Waals surface area contributed by atoms with E-state index in [1.807, 2.05) is 19.1 Å². The van der Waals surface area contributed by atoms with Crippen LogP contribution in [0.2, 0.25) is 0 Å². The van der Waals surface area contributed by atoms with Crippen LogP contribution in [0.5, 0.6) is 0 Å². The average molecular weight is 292 g/mol.